The van der Waals surface area contributed by atoms with Gasteiger partial charge in [-0.3, -0.25) is 9.69 Å². The van der Waals surface area contributed by atoms with E-state index < -0.39 is 0 Å². The lowest BCUT2D eigenvalue weighted by Crippen LogP contribution is -2.59. The molecule has 2 saturated heterocycles. The molecule has 1 N–H and O–H groups in total. The van der Waals surface area contributed by atoms with E-state index in [0.29, 0.717) is 13.1 Å². The van der Waals surface area contributed by atoms with Crippen molar-refractivity contribution in [3.8, 4) is 0 Å². The Kier molecular flexibility index (Phi) is 6.00. The molecule has 1 aromatic carbocycles. The number of likely N-dealkylation sites (tertiary alicyclic amines) is 2. The summed E-state index contributed by atoms with van der Waals surface area (Å²) in [6.07, 6.45) is 2.52. The van der Waals surface area contributed by atoms with Crippen LogP contribution in [0.2, 0.25) is 0 Å². The standard InChI is InChI=1S/C21H33N3O2/c1-17-5-7-18(8-6-17)13-23(3)14-20(26)24-11-4-10-21(16-24)15-22(2)12-9-19(21)25/h5-8,19,25H,4,9-16H2,1-3H3/t19-,21-/m0/s1. The quantitative estimate of drug-likeness (QED) is 0.889. The number of piperidine rings is 2. The van der Waals surface area contributed by atoms with Crippen molar-refractivity contribution >= 4 is 5.91 Å². The second-order valence-corrected chi connectivity index (χ2v) is 8.48. The second-order valence-electron chi connectivity index (χ2n) is 8.48. The van der Waals surface area contributed by atoms with Crippen molar-refractivity contribution in [1.82, 2.24) is 14.7 Å². The average molecular weight is 360 g/mol. The molecule has 1 aromatic rings. The fraction of sp³-hybridized carbons (Fsp3) is 0.667. The monoisotopic (exact) mass is 359 g/mol. The molecule has 0 unspecified atom stereocenters. The van der Waals surface area contributed by atoms with E-state index in [-0.39, 0.29) is 17.4 Å². The minimum atomic E-state index is -0.292. The summed E-state index contributed by atoms with van der Waals surface area (Å²) in [5.41, 5.74) is 2.34. The fourth-order valence-corrected chi connectivity index (χ4v) is 4.54. The minimum absolute atomic E-state index is 0.142. The van der Waals surface area contributed by atoms with Crippen molar-refractivity contribution in [2.24, 2.45) is 5.41 Å². The van der Waals surface area contributed by atoms with E-state index in [4.69, 9.17) is 0 Å². The summed E-state index contributed by atoms with van der Waals surface area (Å²) in [4.78, 5) is 19.2. The maximum Gasteiger partial charge on any atom is 0.236 e. The summed E-state index contributed by atoms with van der Waals surface area (Å²) in [5.74, 6) is 0.180. The maximum absolute atomic E-state index is 12.9. The molecule has 3 rings (SSSR count). The molecule has 2 aliphatic rings. The number of rotatable bonds is 4. The Hall–Kier alpha value is -1.43. The van der Waals surface area contributed by atoms with E-state index in [1.165, 1.54) is 11.1 Å². The van der Waals surface area contributed by atoms with Gasteiger partial charge in [-0.1, -0.05) is 29.8 Å². The van der Waals surface area contributed by atoms with Gasteiger partial charge in [0.05, 0.1) is 12.6 Å². The van der Waals surface area contributed by atoms with Gasteiger partial charge < -0.3 is 14.9 Å². The third kappa shape index (κ3) is 4.45. The number of benzene rings is 1. The third-order valence-corrected chi connectivity index (χ3v) is 6.02. The first-order valence-electron chi connectivity index (χ1n) is 9.76. The Morgan fingerprint density at radius 1 is 1.27 bits per heavy atom. The van der Waals surface area contributed by atoms with Crippen LogP contribution in [-0.4, -0.2) is 78.6 Å². The second kappa shape index (κ2) is 8.07. The Morgan fingerprint density at radius 2 is 2.00 bits per heavy atom. The summed E-state index contributed by atoms with van der Waals surface area (Å²) < 4.78 is 0. The van der Waals surface area contributed by atoms with E-state index in [1.54, 1.807) is 0 Å². The molecule has 2 aliphatic heterocycles. The SMILES string of the molecule is Cc1ccc(CN(C)CC(=O)N2CCC[C@]3(CN(C)CC[C@@H]3O)C2)cc1. The van der Waals surface area contributed by atoms with Crippen LogP contribution in [0, 0.1) is 12.3 Å². The van der Waals surface area contributed by atoms with Gasteiger partial charge in [-0.05, 0) is 45.8 Å². The molecular weight excluding hydrogens is 326 g/mol. The van der Waals surface area contributed by atoms with Crippen LogP contribution in [0.5, 0.6) is 0 Å². The molecule has 1 amide bonds. The highest BCUT2D eigenvalue weighted by Crippen LogP contribution is 2.38. The van der Waals surface area contributed by atoms with Crippen LogP contribution in [0.1, 0.15) is 30.4 Å². The number of carbonyl (C=O) groups is 1. The van der Waals surface area contributed by atoms with Gasteiger partial charge in [0.2, 0.25) is 5.91 Å². The molecule has 5 nitrogen and oxygen atoms in total. The molecule has 2 fully saturated rings. The normalized spacial score (nSPS) is 27.3. The maximum atomic E-state index is 12.9. The molecule has 0 aliphatic carbocycles. The fourth-order valence-electron chi connectivity index (χ4n) is 4.54. The molecule has 2 heterocycles. The Labute approximate surface area is 157 Å². The third-order valence-electron chi connectivity index (χ3n) is 6.02. The lowest BCUT2D eigenvalue weighted by atomic mass is 9.71. The van der Waals surface area contributed by atoms with Gasteiger partial charge in [0.25, 0.3) is 0 Å². The van der Waals surface area contributed by atoms with Crippen LogP contribution in [0.3, 0.4) is 0 Å². The van der Waals surface area contributed by atoms with Gasteiger partial charge in [0.1, 0.15) is 0 Å². The van der Waals surface area contributed by atoms with Crippen LogP contribution >= 0.6 is 0 Å². The number of amides is 1. The number of nitrogens with zero attached hydrogens (tertiary/aromatic N) is 3. The Morgan fingerprint density at radius 3 is 2.73 bits per heavy atom. The molecule has 5 heteroatoms. The Bertz CT molecular complexity index is 618. The predicted molar refractivity (Wildman–Crippen MR) is 104 cm³/mol. The molecule has 144 valence electrons. The number of likely N-dealkylation sites (N-methyl/N-ethyl adjacent to an activating group) is 1. The molecule has 2 atom stereocenters. The van der Waals surface area contributed by atoms with E-state index in [0.717, 1.165) is 45.4 Å². The van der Waals surface area contributed by atoms with Crippen molar-refractivity contribution < 1.29 is 9.90 Å². The zero-order valence-corrected chi connectivity index (χ0v) is 16.4. The van der Waals surface area contributed by atoms with Crippen molar-refractivity contribution in [1.29, 1.82) is 0 Å². The molecule has 0 radical (unpaired) electrons. The van der Waals surface area contributed by atoms with E-state index in [2.05, 4.69) is 48.0 Å². The van der Waals surface area contributed by atoms with Crippen molar-refractivity contribution in [2.75, 3.05) is 46.8 Å². The van der Waals surface area contributed by atoms with Crippen LogP contribution in [-0.2, 0) is 11.3 Å². The Balaban J connectivity index is 1.57. The molecule has 0 saturated carbocycles. The zero-order valence-electron chi connectivity index (χ0n) is 16.4. The van der Waals surface area contributed by atoms with Crippen LogP contribution < -0.4 is 0 Å². The number of carbonyl (C=O) groups excluding carboxylic acids is 1. The summed E-state index contributed by atoms with van der Waals surface area (Å²) in [6.45, 7) is 6.62. The molecular formula is C21H33N3O2. The van der Waals surface area contributed by atoms with Gasteiger partial charge in [0.15, 0.2) is 0 Å². The van der Waals surface area contributed by atoms with E-state index >= 15 is 0 Å². The topological polar surface area (TPSA) is 47.0 Å². The first-order chi connectivity index (χ1) is 12.4. The smallest absolute Gasteiger partial charge is 0.236 e. The first kappa shape index (κ1) is 19.3. The van der Waals surface area contributed by atoms with E-state index in [1.807, 2.05) is 11.9 Å². The zero-order chi connectivity index (χ0) is 18.7. The van der Waals surface area contributed by atoms with Crippen LogP contribution in [0.15, 0.2) is 24.3 Å². The summed E-state index contributed by atoms with van der Waals surface area (Å²) in [5, 5.41) is 10.6. The van der Waals surface area contributed by atoms with Crippen molar-refractivity contribution in [3.05, 3.63) is 35.4 Å². The van der Waals surface area contributed by atoms with Gasteiger partial charge >= 0.3 is 0 Å². The number of aliphatic hydroxyl groups is 1. The highest BCUT2D eigenvalue weighted by Gasteiger charge is 2.45. The lowest BCUT2D eigenvalue weighted by molar-refractivity contribution is -0.141. The highest BCUT2D eigenvalue weighted by atomic mass is 16.3. The number of hydrogen-bond donors (Lipinski definition) is 1. The van der Waals surface area contributed by atoms with Gasteiger partial charge in [0, 0.05) is 38.1 Å². The molecule has 26 heavy (non-hydrogen) atoms. The largest absolute Gasteiger partial charge is 0.392 e. The van der Waals surface area contributed by atoms with Gasteiger partial charge in [-0.25, -0.2) is 0 Å². The lowest BCUT2D eigenvalue weighted by Gasteiger charge is -2.50. The number of aryl methyl sites for hydroxylation is 1. The number of aliphatic hydroxyl groups excluding tert-OH is 1. The van der Waals surface area contributed by atoms with Crippen molar-refractivity contribution in [3.63, 3.8) is 0 Å². The first-order valence-corrected chi connectivity index (χ1v) is 9.76. The van der Waals surface area contributed by atoms with Crippen LogP contribution in [0.4, 0.5) is 0 Å². The van der Waals surface area contributed by atoms with E-state index in [9.17, 15) is 9.90 Å². The molecule has 0 aromatic heterocycles. The molecule has 0 bridgehead atoms. The molecule has 1 spiro atoms. The van der Waals surface area contributed by atoms with Crippen LogP contribution in [0.25, 0.3) is 0 Å². The predicted octanol–water partition coefficient (Wildman–Crippen LogP) is 1.73. The van der Waals surface area contributed by atoms with Crippen molar-refractivity contribution in [2.45, 2.75) is 38.8 Å². The van der Waals surface area contributed by atoms with Gasteiger partial charge in [-0.2, -0.15) is 0 Å². The summed E-state index contributed by atoms with van der Waals surface area (Å²) in [6, 6.07) is 8.47. The minimum Gasteiger partial charge on any atom is -0.392 e. The number of hydrogen-bond acceptors (Lipinski definition) is 4. The average Bonchev–Trinajstić information content (AvgIpc) is 2.60. The summed E-state index contributed by atoms with van der Waals surface area (Å²) in [7, 11) is 4.12. The highest BCUT2D eigenvalue weighted by molar-refractivity contribution is 5.78. The van der Waals surface area contributed by atoms with Gasteiger partial charge in [-0.15, -0.1) is 0 Å². The summed E-state index contributed by atoms with van der Waals surface area (Å²) >= 11 is 0.